The number of hydrogen-bond acceptors (Lipinski definition) is 5. The topological polar surface area (TPSA) is 76.3 Å². The van der Waals surface area contributed by atoms with Crippen molar-refractivity contribution in [3.63, 3.8) is 0 Å². The second-order valence-electron chi connectivity index (χ2n) is 4.60. The van der Waals surface area contributed by atoms with E-state index in [-0.39, 0.29) is 5.75 Å². The van der Waals surface area contributed by atoms with Crippen LogP contribution in [0.2, 0.25) is 0 Å². The number of benzene rings is 1. The number of nitrogen functional groups attached to an aromatic ring is 1. The van der Waals surface area contributed by atoms with E-state index in [9.17, 15) is 8.42 Å². The average Bonchev–Trinajstić information content (AvgIpc) is 2.77. The minimum Gasteiger partial charge on any atom is -0.399 e. The summed E-state index contributed by atoms with van der Waals surface area (Å²) in [5.41, 5.74) is 6.94. The van der Waals surface area contributed by atoms with Crippen LogP contribution in [0.5, 0.6) is 0 Å². The molecule has 0 amide bonds. The Morgan fingerprint density at radius 2 is 1.95 bits per heavy atom. The van der Waals surface area contributed by atoms with Gasteiger partial charge in [0.1, 0.15) is 0 Å². The van der Waals surface area contributed by atoms with E-state index in [0.717, 1.165) is 15.4 Å². The van der Waals surface area contributed by atoms with E-state index in [1.807, 2.05) is 6.92 Å². The van der Waals surface area contributed by atoms with E-state index in [1.165, 1.54) is 15.6 Å². The van der Waals surface area contributed by atoms with Crippen LogP contribution in [0.4, 0.5) is 5.69 Å². The summed E-state index contributed by atoms with van der Waals surface area (Å²) in [6.45, 7) is 2.25. The molecule has 0 unspecified atom stereocenters. The van der Waals surface area contributed by atoms with Gasteiger partial charge in [-0.05, 0) is 24.6 Å². The maximum atomic E-state index is 12.3. The van der Waals surface area contributed by atoms with Crippen LogP contribution in [0.1, 0.15) is 15.4 Å². The van der Waals surface area contributed by atoms with E-state index in [0.29, 0.717) is 12.2 Å². The second-order valence-corrected chi connectivity index (χ2v) is 7.99. The largest absolute Gasteiger partial charge is 0.399 e. The molecule has 0 bridgehead atoms. The molecule has 0 saturated heterocycles. The third kappa shape index (κ3) is 3.78. The maximum Gasteiger partial charge on any atom is 0.218 e. The van der Waals surface area contributed by atoms with Crippen molar-refractivity contribution in [1.82, 2.24) is 9.29 Å². The zero-order valence-electron chi connectivity index (χ0n) is 11.4. The molecule has 1 heterocycles. The van der Waals surface area contributed by atoms with Gasteiger partial charge in [0.25, 0.3) is 0 Å². The Morgan fingerprint density at radius 1 is 1.30 bits per heavy atom. The van der Waals surface area contributed by atoms with Crippen molar-refractivity contribution in [1.29, 1.82) is 0 Å². The van der Waals surface area contributed by atoms with Gasteiger partial charge in [0.2, 0.25) is 10.0 Å². The zero-order valence-corrected chi connectivity index (χ0v) is 13.0. The van der Waals surface area contributed by atoms with Crippen LogP contribution in [0.25, 0.3) is 0 Å². The highest BCUT2D eigenvalue weighted by Gasteiger charge is 2.19. The molecule has 2 rings (SSSR count). The lowest BCUT2D eigenvalue weighted by Gasteiger charge is -2.16. The van der Waals surface area contributed by atoms with Gasteiger partial charge in [0.05, 0.1) is 10.8 Å². The number of hydrogen-bond donors (Lipinski definition) is 1. The van der Waals surface area contributed by atoms with Gasteiger partial charge in [-0.3, -0.25) is 0 Å². The second kappa shape index (κ2) is 5.90. The monoisotopic (exact) mass is 311 g/mol. The molecule has 0 aliphatic heterocycles. The summed E-state index contributed by atoms with van der Waals surface area (Å²) < 4.78 is 25.9. The fraction of sp³-hybridized carbons (Fsp3) is 0.308. The first kappa shape index (κ1) is 15.0. The average molecular weight is 311 g/mol. The first-order chi connectivity index (χ1) is 9.37. The molecule has 1 aromatic carbocycles. The van der Waals surface area contributed by atoms with Gasteiger partial charge >= 0.3 is 0 Å². The normalized spacial score (nSPS) is 11.9. The van der Waals surface area contributed by atoms with Gasteiger partial charge in [-0.25, -0.2) is 13.4 Å². The fourth-order valence-corrected chi connectivity index (χ4v) is 3.83. The molecule has 1 aromatic heterocycles. The smallest absolute Gasteiger partial charge is 0.218 e. The Balaban J connectivity index is 2.07. The van der Waals surface area contributed by atoms with Crippen molar-refractivity contribution in [2.45, 2.75) is 19.2 Å². The molecule has 0 aliphatic rings. The number of aryl methyl sites for hydroxylation is 1. The van der Waals surface area contributed by atoms with Crippen molar-refractivity contribution in [3.8, 4) is 0 Å². The van der Waals surface area contributed by atoms with Crippen LogP contribution in [-0.4, -0.2) is 24.8 Å². The molecule has 0 spiro atoms. The van der Waals surface area contributed by atoms with Crippen LogP contribution < -0.4 is 5.73 Å². The van der Waals surface area contributed by atoms with E-state index in [4.69, 9.17) is 5.73 Å². The van der Waals surface area contributed by atoms with Crippen molar-refractivity contribution < 1.29 is 8.42 Å². The molecule has 0 fully saturated rings. The molecular weight excluding hydrogens is 294 g/mol. The minimum atomic E-state index is -3.34. The lowest BCUT2D eigenvalue weighted by molar-refractivity contribution is 0.468. The summed E-state index contributed by atoms with van der Waals surface area (Å²) in [5.74, 6) is -0.0262. The van der Waals surface area contributed by atoms with Gasteiger partial charge in [0, 0.05) is 30.4 Å². The van der Waals surface area contributed by atoms with Crippen LogP contribution in [0, 0.1) is 6.92 Å². The molecule has 0 radical (unpaired) electrons. The molecule has 20 heavy (non-hydrogen) atoms. The summed E-state index contributed by atoms with van der Waals surface area (Å²) >= 11 is 1.51. The lowest BCUT2D eigenvalue weighted by Crippen LogP contribution is -2.27. The van der Waals surface area contributed by atoms with Crippen LogP contribution in [0.15, 0.2) is 30.5 Å². The van der Waals surface area contributed by atoms with Crippen molar-refractivity contribution in [2.24, 2.45) is 0 Å². The molecule has 0 atom stereocenters. The molecule has 0 saturated carbocycles. The van der Waals surface area contributed by atoms with Gasteiger partial charge in [0.15, 0.2) is 0 Å². The highest BCUT2D eigenvalue weighted by atomic mass is 32.2. The fourth-order valence-electron chi connectivity index (χ4n) is 1.73. The number of sulfonamides is 1. The van der Waals surface area contributed by atoms with Crippen molar-refractivity contribution in [2.75, 3.05) is 12.8 Å². The summed E-state index contributed by atoms with van der Waals surface area (Å²) in [6, 6.07) is 6.88. The summed E-state index contributed by atoms with van der Waals surface area (Å²) in [4.78, 5) is 5.06. The molecule has 108 valence electrons. The highest BCUT2D eigenvalue weighted by Crippen LogP contribution is 2.17. The van der Waals surface area contributed by atoms with E-state index >= 15 is 0 Å². The van der Waals surface area contributed by atoms with Gasteiger partial charge in [-0.1, -0.05) is 12.1 Å². The summed E-state index contributed by atoms with van der Waals surface area (Å²) in [6.07, 6.45) is 1.72. The number of rotatable bonds is 5. The third-order valence-corrected chi connectivity index (χ3v) is 5.53. The SMILES string of the molecule is Cc1ncc(CN(C)S(=O)(=O)Cc2ccc(N)cc2)s1. The molecular formula is C13H17N3O2S2. The first-order valence-electron chi connectivity index (χ1n) is 6.06. The molecule has 2 aromatic rings. The quantitative estimate of drug-likeness (QED) is 0.857. The van der Waals surface area contributed by atoms with Crippen LogP contribution in [0.3, 0.4) is 0 Å². The number of nitrogens with two attached hydrogens (primary N) is 1. The zero-order chi connectivity index (χ0) is 14.8. The maximum absolute atomic E-state index is 12.3. The number of aromatic nitrogens is 1. The van der Waals surface area contributed by atoms with Crippen LogP contribution >= 0.6 is 11.3 Å². The third-order valence-electron chi connectivity index (χ3n) is 2.85. The number of thiazole rings is 1. The minimum absolute atomic E-state index is 0.0262. The first-order valence-corrected chi connectivity index (χ1v) is 8.49. The molecule has 0 aliphatic carbocycles. The predicted molar refractivity (Wildman–Crippen MR) is 81.8 cm³/mol. The Bertz CT molecular complexity index is 678. The van der Waals surface area contributed by atoms with Crippen molar-refractivity contribution in [3.05, 3.63) is 45.9 Å². The number of nitrogens with zero attached hydrogens (tertiary/aromatic N) is 2. The van der Waals surface area contributed by atoms with E-state index in [2.05, 4.69) is 4.98 Å². The Labute approximate surface area is 123 Å². The molecule has 2 N–H and O–H groups in total. The predicted octanol–water partition coefficient (Wildman–Crippen LogP) is 2.00. The Morgan fingerprint density at radius 3 is 2.50 bits per heavy atom. The van der Waals surface area contributed by atoms with Crippen molar-refractivity contribution >= 4 is 27.0 Å². The van der Waals surface area contributed by atoms with E-state index in [1.54, 1.807) is 37.5 Å². The molecule has 7 heteroatoms. The van der Waals surface area contributed by atoms with Crippen LogP contribution in [-0.2, 0) is 22.3 Å². The van der Waals surface area contributed by atoms with E-state index < -0.39 is 10.0 Å². The Kier molecular flexibility index (Phi) is 4.42. The summed E-state index contributed by atoms with van der Waals surface area (Å²) in [7, 11) is -1.76. The lowest BCUT2D eigenvalue weighted by atomic mass is 10.2. The number of anilines is 1. The molecule has 5 nitrogen and oxygen atoms in total. The van der Waals surface area contributed by atoms with Gasteiger partial charge in [-0.2, -0.15) is 4.31 Å². The van der Waals surface area contributed by atoms with Gasteiger partial charge < -0.3 is 5.73 Å². The summed E-state index contributed by atoms with van der Waals surface area (Å²) in [5, 5.41) is 0.935. The standard InChI is InChI=1S/C13H17N3O2S2/c1-10-15-7-13(19-10)8-16(2)20(17,18)9-11-3-5-12(14)6-4-11/h3-7H,8-9,14H2,1-2H3. The highest BCUT2D eigenvalue weighted by molar-refractivity contribution is 7.88. The van der Waals surface area contributed by atoms with Gasteiger partial charge in [-0.15, -0.1) is 11.3 Å². The Hall–Kier alpha value is -1.44.